The van der Waals surface area contributed by atoms with Gasteiger partial charge in [0, 0.05) is 6.42 Å². The SMILES string of the molecule is FC(F)(F)CNCc1nc(CC2CC2)no1. The van der Waals surface area contributed by atoms with Crippen molar-refractivity contribution in [2.75, 3.05) is 6.54 Å². The summed E-state index contributed by atoms with van der Waals surface area (Å²) in [4.78, 5) is 4.00. The molecule has 1 aromatic heterocycles. The Kier molecular flexibility index (Phi) is 3.13. The maximum atomic E-state index is 11.8. The van der Waals surface area contributed by atoms with E-state index in [-0.39, 0.29) is 12.4 Å². The minimum atomic E-state index is -4.21. The summed E-state index contributed by atoms with van der Waals surface area (Å²) in [6.07, 6.45) is -1.09. The van der Waals surface area contributed by atoms with Crippen molar-refractivity contribution in [2.45, 2.75) is 32.0 Å². The highest BCUT2D eigenvalue weighted by Gasteiger charge is 2.27. The van der Waals surface area contributed by atoms with E-state index >= 15 is 0 Å². The second kappa shape index (κ2) is 4.40. The molecular formula is C9H12F3N3O. The van der Waals surface area contributed by atoms with Crippen molar-refractivity contribution in [2.24, 2.45) is 5.92 Å². The van der Waals surface area contributed by atoms with Crippen molar-refractivity contribution in [3.63, 3.8) is 0 Å². The van der Waals surface area contributed by atoms with Crippen LogP contribution in [-0.4, -0.2) is 22.9 Å². The van der Waals surface area contributed by atoms with Crippen LogP contribution in [0, 0.1) is 5.92 Å². The number of rotatable bonds is 5. The maximum absolute atomic E-state index is 11.8. The standard InChI is InChI=1S/C9H12F3N3O/c10-9(11,12)5-13-4-8-14-7(15-16-8)3-6-1-2-6/h6,13H,1-5H2. The van der Waals surface area contributed by atoms with Gasteiger partial charge in [0.2, 0.25) is 5.89 Å². The fraction of sp³-hybridized carbons (Fsp3) is 0.778. The van der Waals surface area contributed by atoms with Crippen LogP contribution in [0.1, 0.15) is 24.6 Å². The van der Waals surface area contributed by atoms with Crippen molar-refractivity contribution >= 4 is 0 Å². The smallest absolute Gasteiger partial charge is 0.338 e. The summed E-state index contributed by atoms with van der Waals surface area (Å²) >= 11 is 0. The molecule has 0 aromatic carbocycles. The number of nitrogens with zero attached hydrogens (tertiary/aromatic N) is 2. The van der Waals surface area contributed by atoms with Gasteiger partial charge in [0.25, 0.3) is 0 Å². The van der Waals surface area contributed by atoms with Crippen molar-refractivity contribution in [3.05, 3.63) is 11.7 Å². The molecule has 0 radical (unpaired) electrons. The number of halogens is 3. The Balaban J connectivity index is 1.74. The number of hydrogen-bond acceptors (Lipinski definition) is 4. The van der Waals surface area contributed by atoms with E-state index in [0.717, 1.165) is 6.42 Å². The Labute approximate surface area is 90.2 Å². The molecule has 2 rings (SSSR count). The molecule has 0 bridgehead atoms. The fourth-order valence-electron chi connectivity index (χ4n) is 1.34. The minimum absolute atomic E-state index is 0.0445. The van der Waals surface area contributed by atoms with E-state index in [1.807, 2.05) is 0 Å². The van der Waals surface area contributed by atoms with Gasteiger partial charge in [-0.15, -0.1) is 0 Å². The van der Waals surface area contributed by atoms with E-state index in [2.05, 4.69) is 15.5 Å². The average Bonchev–Trinajstić information content (AvgIpc) is 2.84. The lowest BCUT2D eigenvalue weighted by Gasteiger charge is -2.05. The highest BCUT2D eigenvalue weighted by molar-refractivity contribution is 4.91. The van der Waals surface area contributed by atoms with Crippen molar-refractivity contribution in [3.8, 4) is 0 Å². The van der Waals surface area contributed by atoms with Crippen LogP contribution < -0.4 is 5.32 Å². The molecule has 1 aliphatic rings. The van der Waals surface area contributed by atoms with Crippen molar-refractivity contribution in [1.82, 2.24) is 15.5 Å². The van der Waals surface area contributed by atoms with E-state index in [9.17, 15) is 13.2 Å². The van der Waals surface area contributed by atoms with E-state index in [4.69, 9.17) is 4.52 Å². The van der Waals surface area contributed by atoms with Crippen molar-refractivity contribution < 1.29 is 17.7 Å². The van der Waals surface area contributed by atoms with Crippen LogP contribution >= 0.6 is 0 Å². The third kappa shape index (κ3) is 3.80. The Morgan fingerprint density at radius 3 is 2.75 bits per heavy atom. The predicted molar refractivity (Wildman–Crippen MR) is 48.5 cm³/mol. The largest absolute Gasteiger partial charge is 0.401 e. The van der Waals surface area contributed by atoms with Gasteiger partial charge in [-0.05, 0) is 18.8 Å². The molecule has 0 unspecified atom stereocenters. The summed E-state index contributed by atoms with van der Waals surface area (Å²) in [6, 6.07) is 0. The van der Waals surface area contributed by atoms with E-state index in [1.165, 1.54) is 12.8 Å². The van der Waals surface area contributed by atoms with Crippen LogP contribution in [0.5, 0.6) is 0 Å². The van der Waals surface area contributed by atoms with Gasteiger partial charge in [-0.25, -0.2) is 0 Å². The molecule has 1 aromatic rings. The van der Waals surface area contributed by atoms with Crippen LogP contribution in [0.3, 0.4) is 0 Å². The lowest BCUT2D eigenvalue weighted by Crippen LogP contribution is -2.28. The summed E-state index contributed by atoms with van der Waals surface area (Å²) in [7, 11) is 0. The van der Waals surface area contributed by atoms with Gasteiger partial charge in [-0.2, -0.15) is 18.2 Å². The lowest BCUT2D eigenvalue weighted by atomic mass is 10.3. The van der Waals surface area contributed by atoms with Crippen LogP contribution in [0.2, 0.25) is 0 Å². The van der Waals surface area contributed by atoms with E-state index < -0.39 is 12.7 Å². The third-order valence-electron chi connectivity index (χ3n) is 2.28. The van der Waals surface area contributed by atoms with E-state index in [0.29, 0.717) is 11.7 Å². The van der Waals surface area contributed by atoms with Crippen LogP contribution in [0.15, 0.2) is 4.52 Å². The molecule has 0 saturated heterocycles. The molecule has 0 amide bonds. The van der Waals surface area contributed by atoms with Gasteiger partial charge in [0.1, 0.15) is 0 Å². The zero-order valence-corrected chi connectivity index (χ0v) is 8.55. The van der Waals surface area contributed by atoms with Gasteiger partial charge < -0.3 is 9.84 Å². The Morgan fingerprint density at radius 1 is 1.38 bits per heavy atom. The maximum Gasteiger partial charge on any atom is 0.401 e. The molecule has 1 aliphatic carbocycles. The molecule has 1 fully saturated rings. The van der Waals surface area contributed by atoms with Gasteiger partial charge in [0.15, 0.2) is 5.82 Å². The number of alkyl halides is 3. The Morgan fingerprint density at radius 2 is 2.12 bits per heavy atom. The Bertz CT molecular complexity index is 346. The Hall–Kier alpha value is -1.11. The molecule has 0 atom stereocenters. The van der Waals surface area contributed by atoms with Crippen LogP contribution in [0.4, 0.5) is 13.2 Å². The molecular weight excluding hydrogens is 223 g/mol. The molecule has 4 nitrogen and oxygen atoms in total. The second-order valence-corrected chi connectivity index (χ2v) is 3.97. The molecule has 90 valence electrons. The summed E-state index contributed by atoms with van der Waals surface area (Å²) in [5, 5.41) is 5.91. The number of hydrogen-bond donors (Lipinski definition) is 1. The third-order valence-corrected chi connectivity index (χ3v) is 2.28. The summed E-state index contributed by atoms with van der Waals surface area (Å²) < 4.78 is 40.3. The first kappa shape index (κ1) is 11.4. The molecule has 7 heteroatoms. The summed E-state index contributed by atoms with van der Waals surface area (Å²) in [5.74, 6) is 1.43. The van der Waals surface area contributed by atoms with Crippen LogP contribution in [0.25, 0.3) is 0 Å². The van der Waals surface area contributed by atoms with Gasteiger partial charge in [-0.3, -0.25) is 0 Å². The first-order valence-electron chi connectivity index (χ1n) is 5.12. The zero-order chi connectivity index (χ0) is 11.6. The molecule has 1 N–H and O–H groups in total. The highest BCUT2D eigenvalue weighted by atomic mass is 19.4. The first-order valence-corrected chi connectivity index (χ1v) is 5.12. The fourth-order valence-corrected chi connectivity index (χ4v) is 1.34. The molecule has 0 aliphatic heterocycles. The topological polar surface area (TPSA) is 51.0 Å². The predicted octanol–water partition coefficient (Wildman–Crippen LogP) is 1.67. The summed E-state index contributed by atoms with van der Waals surface area (Å²) in [5.41, 5.74) is 0. The normalized spacial score (nSPS) is 16.7. The number of aromatic nitrogens is 2. The molecule has 16 heavy (non-hydrogen) atoms. The molecule has 1 saturated carbocycles. The second-order valence-electron chi connectivity index (χ2n) is 3.97. The monoisotopic (exact) mass is 235 g/mol. The first-order chi connectivity index (χ1) is 7.53. The zero-order valence-electron chi connectivity index (χ0n) is 8.55. The number of nitrogens with one attached hydrogen (secondary N) is 1. The minimum Gasteiger partial charge on any atom is -0.338 e. The van der Waals surface area contributed by atoms with Crippen LogP contribution in [-0.2, 0) is 13.0 Å². The highest BCUT2D eigenvalue weighted by Crippen LogP contribution is 2.31. The van der Waals surface area contributed by atoms with Gasteiger partial charge in [0.05, 0.1) is 13.1 Å². The average molecular weight is 235 g/mol. The van der Waals surface area contributed by atoms with Crippen molar-refractivity contribution in [1.29, 1.82) is 0 Å². The van der Waals surface area contributed by atoms with E-state index in [1.54, 1.807) is 0 Å². The quantitative estimate of drug-likeness (QED) is 0.843. The van der Waals surface area contributed by atoms with Gasteiger partial charge in [-0.1, -0.05) is 5.16 Å². The van der Waals surface area contributed by atoms with Gasteiger partial charge >= 0.3 is 6.18 Å². The summed E-state index contributed by atoms with van der Waals surface area (Å²) in [6.45, 7) is -1.09. The molecule has 1 heterocycles. The molecule has 0 spiro atoms. The lowest BCUT2D eigenvalue weighted by molar-refractivity contribution is -0.125.